The molecule has 0 atom stereocenters. The summed E-state index contributed by atoms with van der Waals surface area (Å²) >= 11 is 0. The molecule has 3 aromatic heterocycles. The molecule has 178 valence electrons. The Kier molecular flexibility index (Phi) is 5.00. The van der Waals surface area contributed by atoms with E-state index in [9.17, 15) is 9.18 Å². The van der Waals surface area contributed by atoms with Gasteiger partial charge in [-0.05, 0) is 79.6 Å². The number of carbonyl (C=O) groups is 1. The van der Waals surface area contributed by atoms with Crippen molar-refractivity contribution in [3.63, 3.8) is 0 Å². The van der Waals surface area contributed by atoms with Gasteiger partial charge in [-0.3, -0.25) is 4.79 Å². The number of furan rings is 2. The van der Waals surface area contributed by atoms with Crippen LogP contribution in [-0.2, 0) is 6.54 Å². The van der Waals surface area contributed by atoms with Crippen molar-refractivity contribution in [2.24, 2.45) is 0 Å². The van der Waals surface area contributed by atoms with Crippen LogP contribution in [0.3, 0.4) is 0 Å². The van der Waals surface area contributed by atoms with E-state index < -0.39 is 0 Å². The molecule has 0 saturated heterocycles. The number of nitrogens with one attached hydrogen (secondary N) is 1. The molecule has 0 aliphatic rings. The molecule has 6 aromatic rings. The summed E-state index contributed by atoms with van der Waals surface area (Å²) in [6, 6.07) is 19.0. The van der Waals surface area contributed by atoms with Crippen LogP contribution in [-0.4, -0.2) is 10.9 Å². The quantitative estimate of drug-likeness (QED) is 0.271. The summed E-state index contributed by atoms with van der Waals surface area (Å²) in [5.41, 5.74) is 10.5. The minimum atomic E-state index is -0.362. The molecular formula is C29H22FN3O3. The van der Waals surface area contributed by atoms with Crippen LogP contribution in [0.5, 0.6) is 11.5 Å². The zero-order valence-corrected chi connectivity index (χ0v) is 19.7. The van der Waals surface area contributed by atoms with E-state index in [0.29, 0.717) is 35.0 Å². The number of nitrogens with two attached hydrogens (primary N) is 1. The number of ether oxygens (including phenoxy) is 1. The summed E-state index contributed by atoms with van der Waals surface area (Å²) in [6.07, 6.45) is 0. The molecule has 6 nitrogen and oxygen atoms in total. The number of fused-ring (bicyclic) bond motifs is 8. The summed E-state index contributed by atoms with van der Waals surface area (Å²) in [7, 11) is 0. The third kappa shape index (κ3) is 3.65. The first-order valence-electron chi connectivity index (χ1n) is 11.5. The monoisotopic (exact) mass is 479 g/mol. The van der Waals surface area contributed by atoms with Crippen LogP contribution in [0.2, 0.25) is 0 Å². The van der Waals surface area contributed by atoms with Crippen LogP contribution in [0.1, 0.15) is 27.2 Å². The minimum absolute atomic E-state index is 0.190. The molecule has 1 amide bonds. The van der Waals surface area contributed by atoms with Crippen molar-refractivity contribution < 1.29 is 18.3 Å². The molecule has 0 spiro atoms. The number of carbonyl (C=O) groups excluding carboxylic acids is 1. The molecule has 7 heteroatoms. The predicted octanol–water partition coefficient (Wildman–Crippen LogP) is 6.63. The number of nitrogens with zero attached hydrogens (tertiary/aromatic N) is 1. The number of hydrogen-bond acceptors (Lipinski definition) is 5. The second-order valence-electron chi connectivity index (χ2n) is 8.90. The Labute approximate surface area is 205 Å². The summed E-state index contributed by atoms with van der Waals surface area (Å²) < 4.78 is 25.5. The first-order valence-corrected chi connectivity index (χ1v) is 11.5. The minimum Gasteiger partial charge on any atom is -0.457 e. The highest BCUT2D eigenvalue weighted by molar-refractivity contribution is 6.26. The van der Waals surface area contributed by atoms with Gasteiger partial charge in [-0.25, -0.2) is 9.37 Å². The number of amides is 1. The lowest BCUT2D eigenvalue weighted by molar-refractivity contribution is 0.0951. The molecule has 0 saturated carbocycles. The SMILES string of the molecule is Cc1cc(N)nc(C)c1CNC(=O)c1ccc2c(c1)c1oc2c2ccc(Oc3cccc(F)c3)cc21. The number of aryl methyl sites for hydroxylation is 2. The average Bonchev–Trinajstić information content (AvgIpc) is 3.40. The highest BCUT2D eigenvalue weighted by atomic mass is 19.1. The number of rotatable bonds is 5. The van der Waals surface area contributed by atoms with Gasteiger partial charge in [0.25, 0.3) is 5.91 Å². The van der Waals surface area contributed by atoms with Crippen LogP contribution in [0.15, 0.2) is 71.1 Å². The molecule has 0 fully saturated rings. The largest absolute Gasteiger partial charge is 0.457 e. The summed E-state index contributed by atoms with van der Waals surface area (Å²) in [6.45, 7) is 4.19. The predicted molar refractivity (Wildman–Crippen MR) is 138 cm³/mol. The number of aromatic nitrogens is 1. The Morgan fingerprint density at radius 2 is 1.67 bits per heavy atom. The van der Waals surface area contributed by atoms with Crippen LogP contribution >= 0.6 is 0 Å². The van der Waals surface area contributed by atoms with Gasteiger partial charge in [-0.2, -0.15) is 0 Å². The summed E-state index contributed by atoms with van der Waals surface area (Å²) in [4.78, 5) is 17.3. The fraction of sp³-hybridized carbons (Fsp3) is 0.103. The van der Waals surface area contributed by atoms with E-state index in [0.717, 1.165) is 43.9 Å². The zero-order valence-electron chi connectivity index (χ0n) is 19.7. The van der Waals surface area contributed by atoms with E-state index in [4.69, 9.17) is 14.9 Å². The summed E-state index contributed by atoms with van der Waals surface area (Å²) in [5.74, 6) is 0.900. The molecule has 0 radical (unpaired) electrons. The van der Waals surface area contributed by atoms with Crippen LogP contribution in [0.4, 0.5) is 10.2 Å². The Balaban J connectivity index is 1.31. The van der Waals surface area contributed by atoms with Gasteiger partial charge in [0.05, 0.1) is 0 Å². The third-order valence-corrected chi connectivity index (χ3v) is 6.49. The number of nitrogen functional groups attached to an aromatic ring is 1. The second-order valence-corrected chi connectivity index (χ2v) is 8.90. The molecule has 0 aliphatic heterocycles. The van der Waals surface area contributed by atoms with Crippen LogP contribution < -0.4 is 15.8 Å². The fourth-order valence-corrected chi connectivity index (χ4v) is 4.75. The van der Waals surface area contributed by atoms with E-state index in [1.165, 1.54) is 12.1 Å². The van der Waals surface area contributed by atoms with E-state index in [1.807, 2.05) is 44.2 Å². The number of anilines is 1. The second kappa shape index (κ2) is 8.23. The molecule has 3 heterocycles. The fourth-order valence-electron chi connectivity index (χ4n) is 4.75. The maximum Gasteiger partial charge on any atom is 0.251 e. The van der Waals surface area contributed by atoms with Crippen molar-refractivity contribution in [2.45, 2.75) is 20.4 Å². The number of benzene rings is 4. The van der Waals surface area contributed by atoms with Crippen molar-refractivity contribution >= 4 is 44.4 Å². The van der Waals surface area contributed by atoms with Gasteiger partial charge in [-0.1, -0.05) is 6.07 Å². The number of halogens is 1. The van der Waals surface area contributed by atoms with Crippen molar-refractivity contribution in [3.05, 3.63) is 94.9 Å². The highest BCUT2D eigenvalue weighted by Gasteiger charge is 2.20. The van der Waals surface area contributed by atoms with E-state index in [-0.39, 0.29) is 11.7 Å². The number of pyridine rings is 1. The molecule has 0 unspecified atom stereocenters. The maximum atomic E-state index is 13.5. The lowest BCUT2D eigenvalue weighted by atomic mass is 10.0. The highest BCUT2D eigenvalue weighted by Crippen LogP contribution is 2.42. The Hall–Kier alpha value is -4.65. The lowest BCUT2D eigenvalue weighted by Gasteiger charge is -2.11. The van der Waals surface area contributed by atoms with Gasteiger partial charge in [-0.15, -0.1) is 0 Å². The topological polar surface area (TPSA) is 90.4 Å². The van der Waals surface area contributed by atoms with Crippen molar-refractivity contribution in [2.75, 3.05) is 5.73 Å². The molecular weight excluding hydrogens is 457 g/mol. The first-order chi connectivity index (χ1) is 17.4. The lowest BCUT2D eigenvalue weighted by Crippen LogP contribution is -2.24. The van der Waals surface area contributed by atoms with Gasteiger partial charge in [0.1, 0.15) is 34.3 Å². The molecule has 2 bridgehead atoms. The average molecular weight is 480 g/mol. The van der Waals surface area contributed by atoms with Gasteiger partial charge < -0.3 is 20.2 Å². The van der Waals surface area contributed by atoms with Crippen LogP contribution in [0, 0.1) is 19.7 Å². The van der Waals surface area contributed by atoms with E-state index >= 15 is 0 Å². The Morgan fingerprint density at radius 3 is 2.44 bits per heavy atom. The van der Waals surface area contributed by atoms with Gasteiger partial charge in [0.15, 0.2) is 0 Å². The van der Waals surface area contributed by atoms with Crippen molar-refractivity contribution in [3.8, 4) is 11.5 Å². The Morgan fingerprint density at radius 1 is 0.944 bits per heavy atom. The molecule has 0 aliphatic carbocycles. The third-order valence-electron chi connectivity index (χ3n) is 6.49. The van der Waals surface area contributed by atoms with Gasteiger partial charge in [0, 0.05) is 45.4 Å². The van der Waals surface area contributed by atoms with E-state index in [2.05, 4.69) is 10.3 Å². The summed E-state index contributed by atoms with van der Waals surface area (Å²) in [5, 5.41) is 6.63. The van der Waals surface area contributed by atoms with Crippen LogP contribution in [0.25, 0.3) is 32.7 Å². The molecule has 3 N–H and O–H groups in total. The van der Waals surface area contributed by atoms with E-state index in [1.54, 1.807) is 24.3 Å². The first kappa shape index (κ1) is 21.9. The normalized spacial score (nSPS) is 11.5. The number of hydrogen-bond donors (Lipinski definition) is 2. The van der Waals surface area contributed by atoms with Gasteiger partial charge >= 0.3 is 0 Å². The van der Waals surface area contributed by atoms with Crippen molar-refractivity contribution in [1.82, 2.24) is 10.3 Å². The molecule has 36 heavy (non-hydrogen) atoms. The maximum absolute atomic E-state index is 13.5. The molecule has 3 aromatic carbocycles. The molecule has 6 rings (SSSR count). The standard InChI is InChI=1S/C29H22FN3O3/c1-15-10-26(31)33-16(2)25(15)14-32-29(34)17-6-8-21-23(11-17)28-24-13-20(7-9-22(24)27(21)36-28)35-19-5-3-4-18(30)12-19/h3-13H,14H2,1-2H3,(H2,31,33)(H,32,34). The zero-order chi connectivity index (χ0) is 25.0. The Bertz CT molecular complexity index is 1770. The smallest absolute Gasteiger partial charge is 0.251 e. The van der Waals surface area contributed by atoms with Gasteiger partial charge in [0.2, 0.25) is 0 Å². The van der Waals surface area contributed by atoms with Crippen molar-refractivity contribution in [1.29, 1.82) is 0 Å².